The fourth-order valence-electron chi connectivity index (χ4n) is 2.77. The van der Waals surface area contributed by atoms with Crippen molar-refractivity contribution < 1.29 is 23.8 Å². The molecule has 21 heavy (non-hydrogen) atoms. The summed E-state index contributed by atoms with van der Waals surface area (Å²) in [6.07, 6.45) is 0.887. The first kappa shape index (κ1) is 15.6. The first-order valence-corrected chi connectivity index (χ1v) is 7.09. The Bertz CT molecular complexity index is 523. The van der Waals surface area contributed by atoms with Crippen molar-refractivity contribution in [1.29, 1.82) is 0 Å². The highest BCUT2D eigenvalue weighted by molar-refractivity contribution is 5.68. The quantitative estimate of drug-likeness (QED) is 0.833. The van der Waals surface area contributed by atoms with E-state index in [4.69, 9.17) is 14.6 Å². The van der Waals surface area contributed by atoms with Gasteiger partial charge in [0, 0.05) is 5.56 Å². The maximum absolute atomic E-state index is 13.9. The van der Waals surface area contributed by atoms with Crippen molar-refractivity contribution >= 4 is 5.97 Å². The van der Waals surface area contributed by atoms with Gasteiger partial charge in [-0.3, -0.25) is 4.79 Å². The molecule has 0 amide bonds. The Morgan fingerprint density at radius 3 is 2.48 bits per heavy atom. The average Bonchev–Trinajstić information content (AvgIpc) is 3.27. The number of benzene rings is 1. The predicted molar refractivity (Wildman–Crippen MR) is 76.8 cm³/mol. The Balaban J connectivity index is 2.46. The van der Waals surface area contributed by atoms with E-state index in [2.05, 4.69) is 0 Å². The van der Waals surface area contributed by atoms with E-state index in [0.717, 1.165) is 18.4 Å². The molecule has 0 aromatic heterocycles. The standard InChI is InChI=1S/C16H21FO4/c1-9(17)12-6-11(7-14(20-2)16(12)21-3)13(8-15(18)19)10-4-5-10/h6-7,9-10,13H,4-5,8H2,1-3H3,(H,18,19). The lowest BCUT2D eigenvalue weighted by Crippen LogP contribution is -2.10. The number of aliphatic carboxylic acids is 1. The molecule has 0 spiro atoms. The zero-order valence-corrected chi connectivity index (χ0v) is 12.6. The third kappa shape index (κ3) is 3.46. The van der Waals surface area contributed by atoms with Crippen LogP contribution in [0.4, 0.5) is 4.39 Å². The largest absolute Gasteiger partial charge is 0.493 e. The van der Waals surface area contributed by atoms with E-state index in [9.17, 15) is 9.18 Å². The van der Waals surface area contributed by atoms with Crippen molar-refractivity contribution in [2.45, 2.75) is 38.3 Å². The summed E-state index contributed by atoms with van der Waals surface area (Å²) in [6.45, 7) is 1.43. The normalized spacial score (nSPS) is 17.1. The van der Waals surface area contributed by atoms with Crippen molar-refractivity contribution in [3.8, 4) is 11.5 Å². The number of methoxy groups -OCH3 is 2. The molecule has 1 N–H and O–H groups in total. The molecule has 1 aliphatic rings. The van der Waals surface area contributed by atoms with Gasteiger partial charge in [-0.1, -0.05) is 0 Å². The van der Waals surface area contributed by atoms with Crippen LogP contribution in [0, 0.1) is 5.92 Å². The van der Waals surface area contributed by atoms with E-state index >= 15 is 0 Å². The highest BCUT2D eigenvalue weighted by Crippen LogP contribution is 2.47. The fourth-order valence-corrected chi connectivity index (χ4v) is 2.77. The number of carboxylic acid groups (broad SMARTS) is 1. The molecular formula is C16H21FO4. The summed E-state index contributed by atoms with van der Waals surface area (Å²) in [5.74, 6) is 0.255. The predicted octanol–water partition coefficient (Wildman–Crippen LogP) is 3.70. The monoisotopic (exact) mass is 296 g/mol. The summed E-state index contributed by atoms with van der Waals surface area (Å²) < 4.78 is 24.4. The molecule has 1 aromatic carbocycles. The van der Waals surface area contributed by atoms with Gasteiger partial charge in [-0.25, -0.2) is 4.39 Å². The maximum Gasteiger partial charge on any atom is 0.303 e. The SMILES string of the molecule is COc1cc(C(CC(=O)O)C2CC2)cc(C(C)F)c1OC. The van der Waals surface area contributed by atoms with Gasteiger partial charge in [0.05, 0.1) is 20.6 Å². The zero-order valence-electron chi connectivity index (χ0n) is 12.6. The van der Waals surface area contributed by atoms with Crippen LogP contribution in [-0.4, -0.2) is 25.3 Å². The van der Waals surface area contributed by atoms with Gasteiger partial charge in [-0.2, -0.15) is 0 Å². The van der Waals surface area contributed by atoms with Crippen molar-refractivity contribution in [2.24, 2.45) is 5.92 Å². The van der Waals surface area contributed by atoms with E-state index in [0.29, 0.717) is 23.0 Å². The summed E-state index contributed by atoms with van der Waals surface area (Å²) in [4.78, 5) is 11.1. The number of carbonyl (C=O) groups is 1. The number of hydrogen-bond donors (Lipinski definition) is 1. The number of hydrogen-bond acceptors (Lipinski definition) is 3. The molecule has 2 unspecified atom stereocenters. The zero-order chi connectivity index (χ0) is 15.6. The first-order chi connectivity index (χ1) is 9.97. The van der Waals surface area contributed by atoms with Gasteiger partial charge in [-0.15, -0.1) is 0 Å². The summed E-state index contributed by atoms with van der Waals surface area (Å²) in [7, 11) is 2.97. The minimum atomic E-state index is -1.21. The Morgan fingerprint density at radius 2 is 2.05 bits per heavy atom. The lowest BCUT2D eigenvalue weighted by atomic mass is 9.89. The van der Waals surface area contributed by atoms with Gasteiger partial charge in [0.1, 0.15) is 6.17 Å². The second-order valence-corrected chi connectivity index (χ2v) is 5.50. The van der Waals surface area contributed by atoms with Crippen LogP contribution >= 0.6 is 0 Å². The molecule has 1 fully saturated rings. The molecular weight excluding hydrogens is 275 g/mol. The molecule has 0 bridgehead atoms. The van der Waals surface area contributed by atoms with Gasteiger partial charge < -0.3 is 14.6 Å². The third-order valence-electron chi connectivity index (χ3n) is 3.97. The molecule has 2 atom stereocenters. The highest BCUT2D eigenvalue weighted by Gasteiger charge is 2.35. The highest BCUT2D eigenvalue weighted by atomic mass is 19.1. The Kier molecular flexibility index (Phi) is 4.70. The molecule has 1 saturated carbocycles. The first-order valence-electron chi connectivity index (χ1n) is 7.09. The topological polar surface area (TPSA) is 55.8 Å². The van der Waals surface area contributed by atoms with Gasteiger partial charge >= 0.3 is 5.97 Å². The van der Waals surface area contributed by atoms with Crippen LogP contribution < -0.4 is 9.47 Å². The van der Waals surface area contributed by atoms with Gasteiger partial charge in [0.2, 0.25) is 0 Å². The molecule has 1 aliphatic carbocycles. The molecule has 1 aromatic rings. The number of rotatable bonds is 7. The van der Waals surface area contributed by atoms with Gasteiger partial charge in [0.25, 0.3) is 0 Å². The Labute approximate surface area is 123 Å². The summed E-state index contributed by atoms with van der Waals surface area (Å²) in [6, 6.07) is 3.49. The van der Waals surface area contributed by atoms with Crippen LogP contribution in [0.25, 0.3) is 0 Å². The van der Waals surface area contributed by atoms with E-state index in [-0.39, 0.29) is 12.3 Å². The van der Waals surface area contributed by atoms with Crippen molar-refractivity contribution in [3.05, 3.63) is 23.3 Å². The van der Waals surface area contributed by atoms with Crippen molar-refractivity contribution in [3.63, 3.8) is 0 Å². The van der Waals surface area contributed by atoms with Crippen LogP contribution in [-0.2, 0) is 4.79 Å². The second-order valence-electron chi connectivity index (χ2n) is 5.50. The van der Waals surface area contributed by atoms with E-state index < -0.39 is 12.1 Å². The van der Waals surface area contributed by atoms with E-state index in [1.807, 2.05) is 0 Å². The average molecular weight is 296 g/mol. The molecule has 0 radical (unpaired) electrons. The summed E-state index contributed by atoms with van der Waals surface area (Å²) in [5, 5.41) is 9.10. The molecule has 0 saturated heterocycles. The number of halogens is 1. The second kappa shape index (κ2) is 6.33. The van der Waals surface area contributed by atoms with Crippen molar-refractivity contribution in [2.75, 3.05) is 14.2 Å². The summed E-state index contributed by atoms with van der Waals surface area (Å²) >= 11 is 0. The minimum absolute atomic E-state index is 0.0558. The fraction of sp³-hybridized carbons (Fsp3) is 0.562. The van der Waals surface area contributed by atoms with E-state index in [1.54, 1.807) is 12.1 Å². The van der Waals surface area contributed by atoms with Gasteiger partial charge in [-0.05, 0) is 49.3 Å². The lowest BCUT2D eigenvalue weighted by molar-refractivity contribution is -0.137. The smallest absolute Gasteiger partial charge is 0.303 e. The van der Waals surface area contributed by atoms with Crippen LogP contribution in [0.2, 0.25) is 0 Å². The van der Waals surface area contributed by atoms with Crippen LogP contribution in [0.1, 0.15) is 49.4 Å². The molecule has 5 heteroatoms. The molecule has 116 valence electrons. The lowest BCUT2D eigenvalue weighted by Gasteiger charge is -2.20. The minimum Gasteiger partial charge on any atom is -0.493 e. The van der Waals surface area contributed by atoms with Crippen LogP contribution in [0.5, 0.6) is 11.5 Å². The van der Waals surface area contributed by atoms with Crippen molar-refractivity contribution in [1.82, 2.24) is 0 Å². The van der Waals surface area contributed by atoms with Crippen LogP contribution in [0.3, 0.4) is 0 Å². The molecule has 0 heterocycles. The molecule has 0 aliphatic heterocycles. The third-order valence-corrected chi connectivity index (χ3v) is 3.97. The summed E-state index contributed by atoms with van der Waals surface area (Å²) in [5.41, 5.74) is 1.22. The Morgan fingerprint density at radius 1 is 1.38 bits per heavy atom. The number of ether oxygens (including phenoxy) is 2. The maximum atomic E-state index is 13.9. The number of alkyl halides is 1. The van der Waals surface area contributed by atoms with Crippen LogP contribution in [0.15, 0.2) is 12.1 Å². The Hall–Kier alpha value is -1.78. The number of carboxylic acids is 1. The molecule has 4 nitrogen and oxygen atoms in total. The molecule has 2 rings (SSSR count). The van der Waals surface area contributed by atoms with Gasteiger partial charge in [0.15, 0.2) is 11.5 Å². The van der Waals surface area contributed by atoms with E-state index in [1.165, 1.54) is 21.1 Å².